The number of likely N-dealkylation sites (tertiary alicyclic amines) is 1. The molecule has 1 fully saturated rings. The average molecular weight is 349 g/mol. The summed E-state index contributed by atoms with van der Waals surface area (Å²) in [5, 5.41) is 0. The summed E-state index contributed by atoms with van der Waals surface area (Å²) in [6.07, 6.45) is 11.4. The summed E-state index contributed by atoms with van der Waals surface area (Å²) in [6, 6.07) is 8.33. The Labute approximate surface area is 153 Å². The molecule has 0 spiro atoms. The molecular formula is C20H23N5O. The normalized spacial score (nSPS) is 18.0. The lowest BCUT2D eigenvalue weighted by Gasteiger charge is -2.32. The predicted molar refractivity (Wildman–Crippen MR) is 99.4 cm³/mol. The van der Waals surface area contributed by atoms with E-state index in [1.807, 2.05) is 29.1 Å². The van der Waals surface area contributed by atoms with E-state index >= 15 is 0 Å². The van der Waals surface area contributed by atoms with Gasteiger partial charge < -0.3 is 4.74 Å². The van der Waals surface area contributed by atoms with E-state index in [0.29, 0.717) is 5.92 Å². The van der Waals surface area contributed by atoms with Crippen LogP contribution in [-0.4, -0.2) is 44.6 Å². The number of aromatic nitrogens is 4. The molecule has 26 heavy (non-hydrogen) atoms. The van der Waals surface area contributed by atoms with E-state index in [2.05, 4.69) is 27.0 Å². The first-order valence-corrected chi connectivity index (χ1v) is 8.97. The molecule has 3 aromatic rings. The van der Waals surface area contributed by atoms with Crippen molar-refractivity contribution in [3.8, 4) is 11.6 Å². The van der Waals surface area contributed by atoms with E-state index in [1.54, 1.807) is 25.8 Å². The fourth-order valence-corrected chi connectivity index (χ4v) is 3.52. The third kappa shape index (κ3) is 3.75. The molecule has 0 unspecified atom stereocenters. The van der Waals surface area contributed by atoms with Gasteiger partial charge in [-0.15, -0.1) is 0 Å². The highest BCUT2D eigenvalue weighted by Crippen LogP contribution is 2.27. The van der Waals surface area contributed by atoms with Gasteiger partial charge >= 0.3 is 0 Å². The summed E-state index contributed by atoms with van der Waals surface area (Å²) in [5.74, 6) is 2.14. The number of hydrogen-bond donors (Lipinski definition) is 0. The van der Waals surface area contributed by atoms with Crippen molar-refractivity contribution in [3.05, 3.63) is 66.6 Å². The van der Waals surface area contributed by atoms with E-state index in [1.165, 1.54) is 12.0 Å². The molecule has 6 heteroatoms. The van der Waals surface area contributed by atoms with Gasteiger partial charge in [0.05, 0.1) is 19.0 Å². The predicted octanol–water partition coefficient (Wildman–Crippen LogP) is 3.05. The molecular weight excluding hydrogens is 326 g/mol. The summed E-state index contributed by atoms with van der Waals surface area (Å²) < 4.78 is 7.14. The van der Waals surface area contributed by atoms with Crippen molar-refractivity contribution in [2.24, 2.45) is 0 Å². The van der Waals surface area contributed by atoms with Crippen molar-refractivity contribution < 1.29 is 4.74 Å². The third-order valence-corrected chi connectivity index (χ3v) is 4.90. The van der Waals surface area contributed by atoms with Gasteiger partial charge in [-0.25, -0.2) is 9.97 Å². The minimum Gasteiger partial charge on any atom is -0.497 e. The monoisotopic (exact) mass is 349 g/mol. The lowest BCUT2D eigenvalue weighted by atomic mass is 9.94. The Morgan fingerprint density at radius 2 is 2.04 bits per heavy atom. The van der Waals surface area contributed by atoms with Crippen LogP contribution in [0.2, 0.25) is 0 Å². The van der Waals surface area contributed by atoms with Crippen LogP contribution in [-0.2, 0) is 6.54 Å². The highest BCUT2D eigenvalue weighted by Gasteiger charge is 2.23. The standard InChI is InChI=1S/C20H23N5O/c1-26-18-6-4-16(5-7-18)13-24-9-2-3-17(14-24)19-11-22-12-20(23-19)25-10-8-21-15-25/h4-8,10-12,15,17H,2-3,9,13-14H2,1H3/t17-/m1/s1. The molecule has 1 aliphatic heterocycles. The molecule has 0 N–H and O–H groups in total. The quantitative estimate of drug-likeness (QED) is 0.709. The highest BCUT2D eigenvalue weighted by molar-refractivity contribution is 5.27. The van der Waals surface area contributed by atoms with Crippen molar-refractivity contribution >= 4 is 0 Å². The SMILES string of the molecule is COc1ccc(CN2CCC[C@@H](c3cncc(-n4ccnc4)n3)C2)cc1. The van der Waals surface area contributed by atoms with Gasteiger partial charge in [-0.3, -0.25) is 14.5 Å². The Kier molecular flexibility index (Phi) is 4.93. The summed E-state index contributed by atoms with van der Waals surface area (Å²) >= 11 is 0. The second-order valence-corrected chi connectivity index (χ2v) is 6.69. The van der Waals surface area contributed by atoms with Crippen molar-refractivity contribution in [1.29, 1.82) is 0 Å². The van der Waals surface area contributed by atoms with Crippen LogP contribution in [0.4, 0.5) is 0 Å². The Bertz CT molecular complexity index is 832. The fourth-order valence-electron chi connectivity index (χ4n) is 3.52. The zero-order valence-electron chi connectivity index (χ0n) is 15.0. The highest BCUT2D eigenvalue weighted by atomic mass is 16.5. The van der Waals surface area contributed by atoms with Crippen LogP contribution < -0.4 is 4.74 Å². The molecule has 0 bridgehead atoms. The average Bonchev–Trinajstić information content (AvgIpc) is 3.24. The van der Waals surface area contributed by atoms with Crippen LogP contribution in [0, 0.1) is 0 Å². The number of benzene rings is 1. The van der Waals surface area contributed by atoms with Gasteiger partial charge in [0.1, 0.15) is 12.1 Å². The van der Waals surface area contributed by atoms with Crippen molar-refractivity contribution in [2.45, 2.75) is 25.3 Å². The number of rotatable bonds is 5. The summed E-state index contributed by atoms with van der Waals surface area (Å²) in [4.78, 5) is 15.8. The Hall–Kier alpha value is -2.73. The second kappa shape index (κ2) is 7.66. The zero-order valence-corrected chi connectivity index (χ0v) is 15.0. The molecule has 1 saturated heterocycles. The fraction of sp³-hybridized carbons (Fsp3) is 0.350. The van der Waals surface area contributed by atoms with E-state index < -0.39 is 0 Å². The van der Waals surface area contributed by atoms with Crippen LogP contribution in [0.15, 0.2) is 55.4 Å². The third-order valence-electron chi connectivity index (χ3n) is 4.90. The van der Waals surface area contributed by atoms with Crippen LogP contribution in [0.1, 0.15) is 30.0 Å². The number of hydrogen-bond acceptors (Lipinski definition) is 5. The van der Waals surface area contributed by atoms with Crippen molar-refractivity contribution in [2.75, 3.05) is 20.2 Å². The first-order valence-electron chi connectivity index (χ1n) is 8.97. The molecule has 0 amide bonds. The summed E-state index contributed by atoms with van der Waals surface area (Å²) in [6.45, 7) is 3.08. The largest absolute Gasteiger partial charge is 0.497 e. The number of piperidine rings is 1. The maximum absolute atomic E-state index is 5.24. The smallest absolute Gasteiger partial charge is 0.156 e. The maximum Gasteiger partial charge on any atom is 0.156 e. The second-order valence-electron chi connectivity index (χ2n) is 6.69. The van der Waals surface area contributed by atoms with E-state index in [-0.39, 0.29) is 0 Å². The zero-order chi connectivity index (χ0) is 17.8. The molecule has 0 saturated carbocycles. The minimum atomic E-state index is 0.415. The molecule has 1 aromatic carbocycles. The molecule has 0 aliphatic carbocycles. The molecule has 0 radical (unpaired) electrons. The first-order chi connectivity index (χ1) is 12.8. The van der Waals surface area contributed by atoms with Crippen molar-refractivity contribution in [1.82, 2.24) is 24.4 Å². The first kappa shape index (κ1) is 16.7. The van der Waals surface area contributed by atoms with Crippen LogP contribution in [0.5, 0.6) is 5.75 Å². The molecule has 1 atom stereocenters. The van der Waals surface area contributed by atoms with Gasteiger partial charge in [-0.2, -0.15) is 0 Å². The van der Waals surface area contributed by atoms with Crippen LogP contribution in [0.3, 0.4) is 0 Å². The summed E-state index contributed by atoms with van der Waals surface area (Å²) in [7, 11) is 1.70. The Morgan fingerprint density at radius 1 is 1.15 bits per heavy atom. The molecule has 1 aliphatic rings. The Morgan fingerprint density at radius 3 is 2.81 bits per heavy atom. The van der Waals surface area contributed by atoms with E-state index in [9.17, 15) is 0 Å². The molecule has 2 aromatic heterocycles. The van der Waals surface area contributed by atoms with Gasteiger partial charge in [0.15, 0.2) is 5.82 Å². The number of methoxy groups -OCH3 is 1. The van der Waals surface area contributed by atoms with Gasteiger partial charge in [0, 0.05) is 37.6 Å². The Balaban J connectivity index is 1.45. The number of imidazole rings is 1. The molecule has 3 heterocycles. The minimum absolute atomic E-state index is 0.415. The number of nitrogens with zero attached hydrogens (tertiary/aromatic N) is 5. The molecule has 6 nitrogen and oxygen atoms in total. The van der Waals surface area contributed by atoms with E-state index in [0.717, 1.165) is 43.3 Å². The maximum atomic E-state index is 5.24. The van der Waals surface area contributed by atoms with Crippen LogP contribution >= 0.6 is 0 Å². The van der Waals surface area contributed by atoms with Gasteiger partial charge in [-0.05, 0) is 37.1 Å². The molecule has 4 rings (SSSR count). The molecule has 134 valence electrons. The number of ether oxygens (including phenoxy) is 1. The van der Waals surface area contributed by atoms with Crippen molar-refractivity contribution in [3.63, 3.8) is 0 Å². The van der Waals surface area contributed by atoms with Crippen LogP contribution in [0.25, 0.3) is 5.82 Å². The lowest BCUT2D eigenvalue weighted by molar-refractivity contribution is 0.198. The van der Waals surface area contributed by atoms with Gasteiger partial charge in [0.25, 0.3) is 0 Å². The van der Waals surface area contributed by atoms with Gasteiger partial charge in [-0.1, -0.05) is 12.1 Å². The summed E-state index contributed by atoms with van der Waals surface area (Å²) in [5.41, 5.74) is 2.38. The van der Waals surface area contributed by atoms with E-state index in [4.69, 9.17) is 9.72 Å². The lowest BCUT2D eigenvalue weighted by Crippen LogP contribution is -2.34. The van der Waals surface area contributed by atoms with Gasteiger partial charge in [0.2, 0.25) is 0 Å². The topological polar surface area (TPSA) is 56.1 Å².